The summed E-state index contributed by atoms with van der Waals surface area (Å²) in [5, 5.41) is 2.57. The first-order valence-corrected chi connectivity index (χ1v) is 11.9. The van der Waals surface area contributed by atoms with E-state index in [0.29, 0.717) is 49.3 Å². The second-order valence-electron chi connectivity index (χ2n) is 8.06. The van der Waals surface area contributed by atoms with Crippen LogP contribution >= 0.6 is 0 Å². The number of anilines is 3. The van der Waals surface area contributed by atoms with Crippen molar-refractivity contribution in [1.29, 1.82) is 0 Å². The molecule has 4 rings (SSSR count). The molecule has 0 spiro atoms. The number of terminal acetylenes is 2. The first-order chi connectivity index (χ1) is 18.7. The summed E-state index contributed by atoms with van der Waals surface area (Å²) in [5.74, 6) is 7.02. The monoisotopic (exact) mass is 508 g/mol. The zero-order valence-corrected chi connectivity index (χ0v) is 21.3. The molecular formula is C30H28N4O4. The molecule has 0 saturated carbocycles. The van der Waals surface area contributed by atoms with Crippen molar-refractivity contribution >= 4 is 28.1 Å². The predicted octanol–water partition coefficient (Wildman–Crippen LogP) is 4.81. The molecule has 1 heterocycles. The van der Waals surface area contributed by atoms with E-state index in [1.807, 2.05) is 65.7 Å². The molecule has 38 heavy (non-hydrogen) atoms. The lowest BCUT2D eigenvalue weighted by Crippen LogP contribution is -2.26. The summed E-state index contributed by atoms with van der Waals surface area (Å²) >= 11 is 0. The van der Waals surface area contributed by atoms with Gasteiger partial charge in [-0.05, 0) is 42.5 Å². The van der Waals surface area contributed by atoms with Gasteiger partial charge in [0.15, 0.2) is 17.3 Å². The summed E-state index contributed by atoms with van der Waals surface area (Å²) in [7, 11) is 3.24. The van der Waals surface area contributed by atoms with Gasteiger partial charge in [0, 0.05) is 36.8 Å². The van der Waals surface area contributed by atoms with E-state index >= 15 is 0 Å². The van der Waals surface area contributed by atoms with Crippen molar-refractivity contribution in [2.75, 3.05) is 51.1 Å². The topological polar surface area (TPSA) is 78.0 Å². The molecule has 0 unspecified atom stereocenters. The van der Waals surface area contributed by atoms with Gasteiger partial charge in [0.05, 0.1) is 30.1 Å². The number of fused-ring (bicyclic) bond motifs is 1. The van der Waals surface area contributed by atoms with Crippen molar-refractivity contribution in [2.24, 2.45) is 0 Å². The standard InChI is InChI=1S/C30H28N4O4/c1-5-22-9-7-11-24(17-22)33-34(25-12-8-10-23(6-2)18-25)30-26-19-28(37-15-13-35-3)29(38-16-14-36-4)20-27(26)31-21-32-30/h1-2,7-12,17-21,33H,13-16H2,3-4H3. The fraction of sp³-hybridized carbons (Fsp3) is 0.200. The van der Waals surface area contributed by atoms with Crippen LogP contribution in [0.5, 0.6) is 11.5 Å². The molecule has 0 radical (unpaired) electrons. The Morgan fingerprint density at radius 1 is 0.789 bits per heavy atom. The fourth-order valence-corrected chi connectivity index (χ4v) is 3.71. The van der Waals surface area contributed by atoms with Gasteiger partial charge in [-0.2, -0.15) is 0 Å². The summed E-state index contributed by atoms with van der Waals surface area (Å²) < 4.78 is 22.2. The van der Waals surface area contributed by atoms with Crippen LogP contribution in [0.4, 0.5) is 17.2 Å². The summed E-state index contributed by atoms with van der Waals surface area (Å²) in [5.41, 5.74) is 7.11. The van der Waals surface area contributed by atoms with Crippen LogP contribution in [0.1, 0.15) is 11.1 Å². The van der Waals surface area contributed by atoms with Crippen molar-refractivity contribution in [3.8, 4) is 36.2 Å². The molecule has 0 amide bonds. The third-order valence-corrected chi connectivity index (χ3v) is 5.52. The van der Waals surface area contributed by atoms with Crippen LogP contribution < -0.4 is 19.9 Å². The highest BCUT2D eigenvalue weighted by Crippen LogP contribution is 2.37. The highest BCUT2D eigenvalue weighted by Gasteiger charge is 2.19. The third kappa shape index (κ3) is 6.32. The Morgan fingerprint density at radius 2 is 1.45 bits per heavy atom. The van der Waals surface area contributed by atoms with Gasteiger partial charge in [0.1, 0.15) is 19.5 Å². The number of hydrogen-bond acceptors (Lipinski definition) is 8. The van der Waals surface area contributed by atoms with Crippen LogP contribution in [-0.2, 0) is 9.47 Å². The van der Waals surface area contributed by atoms with Gasteiger partial charge < -0.3 is 18.9 Å². The van der Waals surface area contributed by atoms with Gasteiger partial charge in [-0.15, -0.1) is 12.8 Å². The minimum atomic E-state index is 0.344. The summed E-state index contributed by atoms with van der Waals surface area (Å²) in [6.45, 7) is 1.56. The van der Waals surface area contributed by atoms with Gasteiger partial charge in [0.25, 0.3) is 0 Å². The zero-order valence-electron chi connectivity index (χ0n) is 21.3. The van der Waals surface area contributed by atoms with Gasteiger partial charge >= 0.3 is 0 Å². The molecule has 0 atom stereocenters. The minimum Gasteiger partial charge on any atom is -0.487 e. The Kier molecular flexibility index (Phi) is 8.98. The van der Waals surface area contributed by atoms with Crippen molar-refractivity contribution in [2.45, 2.75) is 0 Å². The molecular weight excluding hydrogens is 480 g/mol. The number of hydrogen-bond donors (Lipinski definition) is 1. The third-order valence-electron chi connectivity index (χ3n) is 5.52. The zero-order chi connectivity index (χ0) is 26.7. The second-order valence-corrected chi connectivity index (χ2v) is 8.06. The van der Waals surface area contributed by atoms with Crippen LogP contribution in [0.2, 0.25) is 0 Å². The van der Waals surface area contributed by atoms with Crippen molar-refractivity contribution in [1.82, 2.24) is 9.97 Å². The van der Waals surface area contributed by atoms with E-state index in [0.717, 1.165) is 27.9 Å². The Labute approximate surface area is 222 Å². The van der Waals surface area contributed by atoms with Crippen molar-refractivity contribution < 1.29 is 18.9 Å². The van der Waals surface area contributed by atoms with E-state index in [1.165, 1.54) is 6.33 Å². The minimum absolute atomic E-state index is 0.344. The lowest BCUT2D eigenvalue weighted by Gasteiger charge is -2.27. The number of benzene rings is 3. The number of methoxy groups -OCH3 is 2. The van der Waals surface area contributed by atoms with E-state index in [2.05, 4.69) is 27.2 Å². The van der Waals surface area contributed by atoms with Gasteiger partial charge in [-0.1, -0.05) is 24.0 Å². The lowest BCUT2D eigenvalue weighted by molar-refractivity contribution is 0.132. The van der Waals surface area contributed by atoms with E-state index < -0.39 is 0 Å². The Morgan fingerprint density at radius 3 is 2.13 bits per heavy atom. The molecule has 1 aromatic heterocycles. The molecule has 0 bridgehead atoms. The van der Waals surface area contributed by atoms with E-state index in [4.69, 9.17) is 31.8 Å². The molecule has 192 valence electrons. The number of ether oxygens (including phenoxy) is 4. The quantitative estimate of drug-likeness (QED) is 0.166. The number of nitrogens with one attached hydrogen (secondary N) is 1. The maximum Gasteiger partial charge on any atom is 0.163 e. The van der Waals surface area contributed by atoms with Crippen LogP contribution in [-0.4, -0.2) is 50.6 Å². The predicted molar refractivity (Wildman–Crippen MR) is 149 cm³/mol. The Hall–Kier alpha value is -4.76. The molecule has 8 nitrogen and oxygen atoms in total. The molecule has 0 saturated heterocycles. The number of rotatable bonds is 12. The average molecular weight is 509 g/mol. The van der Waals surface area contributed by atoms with Gasteiger partial charge in [-0.3, -0.25) is 5.43 Å². The van der Waals surface area contributed by atoms with Crippen molar-refractivity contribution in [3.63, 3.8) is 0 Å². The van der Waals surface area contributed by atoms with Crippen LogP contribution in [0.3, 0.4) is 0 Å². The van der Waals surface area contributed by atoms with Gasteiger partial charge in [0.2, 0.25) is 0 Å². The maximum atomic E-state index is 6.01. The van der Waals surface area contributed by atoms with Crippen LogP contribution in [0, 0.1) is 24.7 Å². The Balaban J connectivity index is 1.84. The average Bonchev–Trinajstić information content (AvgIpc) is 2.96. The maximum absolute atomic E-state index is 6.01. The summed E-state index contributed by atoms with van der Waals surface area (Å²) in [4.78, 5) is 9.14. The molecule has 0 aliphatic heterocycles. The lowest BCUT2D eigenvalue weighted by atomic mass is 10.1. The SMILES string of the molecule is C#Cc1cccc(NN(c2cccc(C#C)c2)c2ncnc3cc(OCCOC)c(OCCOC)cc23)c1. The smallest absolute Gasteiger partial charge is 0.163 e. The number of nitrogens with zero attached hydrogens (tertiary/aromatic N) is 3. The molecule has 0 aliphatic carbocycles. The van der Waals surface area contributed by atoms with Crippen molar-refractivity contribution in [3.05, 3.63) is 78.1 Å². The first kappa shape index (κ1) is 26.3. The first-order valence-electron chi connectivity index (χ1n) is 11.9. The molecule has 8 heteroatoms. The molecule has 0 fully saturated rings. The highest BCUT2D eigenvalue weighted by molar-refractivity contribution is 5.94. The Bertz CT molecular complexity index is 1480. The highest BCUT2D eigenvalue weighted by atomic mass is 16.5. The molecule has 4 aromatic rings. The van der Waals surface area contributed by atoms with Crippen LogP contribution in [0.15, 0.2) is 67.0 Å². The van der Waals surface area contributed by atoms with Crippen LogP contribution in [0.25, 0.3) is 10.9 Å². The largest absolute Gasteiger partial charge is 0.487 e. The normalized spacial score (nSPS) is 10.4. The summed E-state index contributed by atoms with van der Waals surface area (Å²) in [6.07, 6.45) is 12.8. The van der Waals surface area contributed by atoms with E-state index in [1.54, 1.807) is 14.2 Å². The molecule has 1 N–H and O–H groups in total. The van der Waals surface area contributed by atoms with E-state index in [-0.39, 0.29) is 0 Å². The summed E-state index contributed by atoms with van der Waals surface area (Å²) in [6, 6.07) is 18.8. The molecule has 3 aromatic carbocycles. The second kappa shape index (κ2) is 13.0. The van der Waals surface area contributed by atoms with E-state index in [9.17, 15) is 0 Å². The molecule has 0 aliphatic rings. The number of aromatic nitrogens is 2. The number of hydrazine groups is 1. The van der Waals surface area contributed by atoms with Gasteiger partial charge in [-0.25, -0.2) is 15.0 Å². The fourth-order valence-electron chi connectivity index (χ4n) is 3.71.